The van der Waals surface area contributed by atoms with Crippen molar-refractivity contribution in [2.24, 2.45) is 0 Å². The van der Waals surface area contributed by atoms with Gasteiger partial charge in [0.25, 0.3) is 5.91 Å². The fourth-order valence-corrected chi connectivity index (χ4v) is 5.25. The number of carbonyl (C=O) groups is 5. The number of anilines is 1. The van der Waals surface area contributed by atoms with Crippen molar-refractivity contribution in [1.82, 2.24) is 10.2 Å². The monoisotopic (exact) mass is 513 g/mol. The molecule has 3 aliphatic rings. The maximum Gasteiger partial charge on any atom is 0.310 e. The summed E-state index contributed by atoms with van der Waals surface area (Å²) in [5.74, 6) is -1.89. The number of cyclic esters (lactones) is 1. The molecule has 2 unspecified atom stereocenters. The predicted octanol–water partition coefficient (Wildman–Crippen LogP) is 1.10. The number of carbonyl (C=O) groups excluding carboxylic acids is 5. The van der Waals surface area contributed by atoms with Gasteiger partial charge in [0, 0.05) is 12.6 Å². The van der Waals surface area contributed by atoms with E-state index in [1.54, 1.807) is 31.2 Å². The lowest BCUT2D eigenvalue weighted by Crippen LogP contribution is -2.58. The highest BCUT2D eigenvalue weighted by molar-refractivity contribution is 6.32. The molecule has 0 spiro atoms. The fraction of sp³-hybridized carbons (Fsp3) is 0.500. The first-order valence-corrected chi connectivity index (χ1v) is 12.4. The van der Waals surface area contributed by atoms with Gasteiger partial charge in [0.1, 0.15) is 23.9 Å². The molecule has 0 aromatic heterocycles. The van der Waals surface area contributed by atoms with Gasteiger partial charge in [0.05, 0.1) is 19.2 Å². The molecule has 3 heterocycles. The second-order valence-electron chi connectivity index (χ2n) is 9.08. The Hall–Kier alpha value is -3.73. The third-order valence-electron chi connectivity index (χ3n) is 6.89. The summed E-state index contributed by atoms with van der Waals surface area (Å²) in [6.07, 6.45) is 4.73. The Bertz CT molecular complexity index is 1090. The van der Waals surface area contributed by atoms with E-state index in [0.29, 0.717) is 31.6 Å². The van der Waals surface area contributed by atoms with Gasteiger partial charge < -0.3 is 24.4 Å². The molecule has 0 saturated carbocycles. The standard InChI is InChI=1S/C26H31N3O8/c1-3-36-26-17(14-23(32)37-26)27-24(33)19-13-12-16-8-4-5-10-20(25(34)28(16)19)29(22(31)15-30)18-9-6-7-11-21(18)35-2/h4-7,9,11,15-17,19-20,26H,3,8,10,12-14H2,1-2H3,(H,27,33)/t16-,17?,19+,20+,26?/m1/s1. The lowest BCUT2D eigenvalue weighted by Gasteiger charge is -2.38. The number of rotatable bonds is 8. The molecule has 5 atom stereocenters. The maximum atomic E-state index is 14.0. The molecule has 1 aromatic rings. The number of fused-ring (bicyclic) bond motifs is 1. The first-order valence-electron chi connectivity index (χ1n) is 12.4. The number of esters is 1. The van der Waals surface area contributed by atoms with Crippen molar-refractivity contribution in [2.45, 2.75) is 69.5 Å². The lowest BCUT2D eigenvalue weighted by atomic mass is 10.0. The second kappa shape index (κ2) is 11.5. The average molecular weight is 514 g/mol. The Kier molecular flexibility index (Phi) is 8.22. The van der Waals surface area contributed by atoms with Gasteiger partial charge in [0.15, 0.2) is 0 Å². The first kappa shape index (κ1) is 26.3. The van der Waals surface area contributed by atoms with Crippen LogP contribution in [0.4, 0.5) is 5.69 Å². The zero-order valence-corrected chi connectivity index (χ0v) is 20.8. The summed E-state index contributed by atoms with van der Waals surface area (Å²) in [7, 11) is 1.44. The van der Waals surface area contributed by atoms with Crippen molar-refractivity contribution in [1.29, 1.82) is 0 Å². The number of benzene rings is 1. The van der Waals surface area contributed by atoms with E-state index in [4.69, 9.17) is 14.2 Å². The van der Waals surface area contributed by atoms with Crippen LogP contribution < -0.4 is 15.0 Å². The molecule has 11 nitrogen and oxygen atoms in total. The molecule has 3 aliphatic heterocycles. The van der Waals surface area contributed by atoms with Gasteiger partial charge in [-0.05, 0) is 44.7 Å². The molecule has 4 rings (SSSR count). The smallest absolute Gasteiger partial charge is 0.310 e. The first-order chi connectivity index (χ1) is 17.9. The van der Waals surface area contributed by atoms with Gasteiger partial charge in [0.2, 0.25) is 24.4 Å². The summed E-state index contributed by atoms with van der Waals surface area (Å²) in [6, 6.07) is 3.85. The molecule has 0 bridgehead atoms. The highest BCUT2D eigenvalue weighted by Gasteiger charge is 2.47. The molecular formula is C26H31N3O8. The quantitative estimate of drug-likeness (QED) is 0.237. The number of nitrogens with zero attached hydrogens (tertiary/aromatic N) is 2. The molecule has 0 radical (unpaired) electrons. The SMILES string of the molecule is CCOC1OC(=O)CC1NC(=O)[C@@H]1CC[C@H]2CC=CC[C@H](N(C(=O)C=O)c3ccccc3OC)C(=O)N21. The largest absolute Gasteiger partial charge is 0.495 e. The number of hydrogen-bond acceptors (Lipinski definition) is 8. The van der Waals surface area contributed by atoms with Gasteiger partial charge in [-0.3, -0.25) is 28.9 Å². The van der Waals surface area contributed by atoms with Gasteiger partial charge in [-0.25, -0.2) is 0 Å². The van der Waals surface area contributed by atoms with Gasteiger partial charge in [-0.15, -0.1) is 0 Å². The number of para-hydroxylation sites is 2. The van der Waals surface area contributed by atoms with E-state index in [9.17, 15) is 24.0 Å². The Labute approximate surface area is 214 Å². The zero-order valence-electron chi connectivity index (χ0n) is 20.8. The van der Waals surface area contributed by atoms with Crippen LogP contribution in [0.25, 0.3) is 0 Å². The van der Waals surface area contributed by atoms with Crippen molar-refractivity contribution >= 4 is 35.7 Å². The molecule has 1 aromatic carbocycles. The van der Waals surface area contributed by atoms with E-state index in [1.165, 1.54) is 12.0 Å². The van der Waals surface area contributed by atoms with Crippen LogP contribution in [0.5, 0.6) is 5.75 Å². The topological polar surface area (TPSA) is 132 Å². The van der Waals surface area contributed by atoms with E-state index in [1.807, 2.05) is 12.2 Å². The number of methoxy groups -OCH3 is 1. The minimum absolute atomic E-state index is 0.0265. The molecule has 1 N–H and O–H groups in total. The summed E-state index contributed by atoms with van der Waals surface area (Å²) in [5, 5.41) is 2.83. The zero-order chi connectivity index (χ0) is 26.5. The van der Waals surface area contributed by atoms with Gasteiger partial charge >= 0.3 is 5.97 Å². The van der Waals surface area contributed by atoms with Crippen molar-refractivity contribution < 1.29 is 38.2 Å². The summed E-state index contributed by atoms with van der Waals surface area (Å²) in [6.45, 7) is 2.06. The van der Waals surface area contributed by atoms with Gasteiger partial charge in [-0.2, -0.15) is 0 Å². The Morgan fingerprint density at radius 3 is 2.68 bits per heavy atom. The average Bonchev–Trinajstić information content (AvgIpc) is 3.46. The van der Waals surface area contributed by atoms with E-state index in [0.717, 1.165) is 4.90 Å². The van der Waals surface area contributed by atoms with E-state index < -0.39 is 48.1 Å². The number of aldehydes is 1. The van der Waals surface area contributed by atoms with E-state index in [-0.39, 0.29) is 30.9 Å². The molecular weight excluding hydrogens is 482 g/mol. The fourth-order valence-electron chi connectivity index (χ4n) is 5.25. The van der Waals surface area contributed by atoms with Crippen LogP contribution in [0.15, 0.2) is 36.4 Å². The lowest BCUT2D eigenvalue weighted by molar-refractivity contribution is -0.164. The van der Waals surface area contributed by atoms with Crippen LogP contribution in [-0.2, 0) is 33.4 Å². The van der Waals surface area contributed by atoms with Gasteiger partial charge in [-0.1, -0.05) is 24.3 Å². The second-order valence-corrected chi connectivity index (χ2v) is 9.08. The van der Waals surface area contributed by atoms with Crippen LogP contribution in [0.2, 0.25) is 0 Å². The summed E-state index contributed by atoms with van der Waals surface area (Å²) in [5.41, 5.74) is 0.285. The predicted molar refractivity (Wildman–Crippen MR) is 130 cm³/mol. The van der Waals surface area contributed by atoms with Crippen LogP contribution in [-0.4, -0.2) is 79.1 Å². The van der Waals surface area contributed by atoms with Crippen LogP contribution in [0.3, 0.4) is 0 Å². The van der Waals surface area contributed by atoms with Crippen LogP contribution in [0, 0.1) is 0 Å². The highest BCUT2D eigenvalue weighted by Crippen LogP contribution is 2.35. The van der Waals surface area contributed by atoms with Crippen molar-refractivity contribution in [2.75, 3.05) is 18.6 Å². The van der Waals surface area contributed by atoms with Crippen molar-refractivity contribution in [3.63, 3.8) is 0 Å². The van der Waals surface area contributed by atoms with Crippen LogP contribution in [0.1, 0.15) is 39.0 Å². The molecule has 37 heavy (non-hydrogen) atoms. The molecule has 2 fully saturated rings. The Morgan fingerprint density at radius 1 is 1.19 bits per heavy atom. The molecule has 11 heteroatoms. The minimum atomic E-state index is -1.06. The number of nitrogens with one attached hydrogen (secondary N) is 1. The summed E-state index contributed by atoms with van der Waals surface area (Å²) >= 11 is 0. The van der Waals surface area contributed by atoms with Crippen molar-refractivity contribution in [3.05, 3.63) is 36.4 Å². The molecule has 198 valence electrons. The molecule has 3 amide bonds. The maximum absolute atomic E-state index is 14.0. The Balaban J connectivity index is 1.63. The van der Waals surface area contributed by atoms with Crippen molar-refractivity contribution in [3.8, 4) is 5.75 Å². The normalized spacial score (nSPS) is 27.1. The minimum Gasteiger partial charge on any atom is -0.495 e. The summed E-state index contributed by atoms with van der Waals surface area (Å²) < 4.78 is 16.0. The van der Waals surface area contributed by atoms with Crippen LogP contribution >= 0.6 is 0 Å². The third kappa shape index (κ3) is 5.36. The van der Waals surface area contributed by atoms with E-state index >= 15 is 0 Å². The number of hydrogen-bond donors (Lipinski definition) is 1. The number of ether oxygens (including phenoxy) is 3. The Morgan fingerprint density at radius 2 is 1.95 bits per heavy atom. The molecule has 0 aliphatic carbocycles. The summed E-state index contributed by atoms with van der Waals surface area (Å²) in [4.78, 5) is 66.4. The highest BCUT2D eigenvalue weighted by atomic mass is 16.7. The molecule has 2 saturated heterocycles. The number of amides is 3. The third-order valence-corrected chi connectivity index (χ3v) is 6.89. The van der Waals surface area contributed by atoms with E-state index in [2.05, 4.69) is 5.32 Å².